The lowest BCUT2D eigenvalue weighted by atomic mass is 10.1. The van der Waals surface area contributed by atoms with E-state index in [1.165, 1.54) is 50.5 Å². The Bertz CT molecular complexity index is 1430. The number of nitro benzene ring substituents is 1. The molecule has 0 spiro atoms. The SMILES string of the molecule is Cc1ccc[n+](C(C(=S)Nc2cc(S(=O)(=O)N(C)C)ccc2C)=C(O)c2ccc([N+](=O)[O-])cc2)c1. The lowest BCUT2D eigenvalue weighted by Gasteiger charge is -2.15. The summed E-state index contributed by atoms with van der Waals surface area (Å²) in [4.78, 5) is 10.7. The fourth-order valence-corrected chi connectivity index (χ4v) is 4.49. The van der Waals surface area contributed by atoms with Crippen LogP contribution >= 0.6 is 12.2 Å². The van der Waals surface area contributed by atoms with E-state index in [1.807, 2.05) is 13.0 Å². The van der Waals surface area contributed by atoms with Gasteiger partial charge in [0.05, 0.1) is 9.82 Å². The summed E-state index contributed by atoms with van der Waals surface area (Å²) < 4.78 is 28.0. The number of rotatable bonds is 7. The average molecular weight is 514 g/mol. The summed E-state index contributed by atoms with van der Waals surface area (Å²) in [6.45, 7) is 3.68. The lowest BCUT2D eigenvalue weighted by molar-refractivity contribution is -0.576. The Morgan fingerprint density at radius 2 is 1.77 bits per heavy atom. The van der Waals surface area contributed by atoms with E-state index in [0.29, 0.717) is 11.3 Å². The van der Waals surface area contributed by atoms with Crippen LogP contribution in [0.5, 0.6) is 0 Å². The molecule has 0 aliphatic carbocycles. The molecule has 2 N–H and O–H groups in total. The summed E-state index contributed by atoms with van der Waals surface area (Å²) in [5.41, 5.74) is 2.54. The number of aryl methyl sites for hydroxylation is 2. The van der Waals surface area contributed by atoms with Crippen LogP contribution in [0.4, 0.5) is 11.4 Å². The number of non-ortho nitro benzene ring substituents is 1. The fourth-order valence-electron chi connectivity index (χ4n) is 3.25. The molecule has 9 nitrogen and oxygen atoms in total. The highest BCUT2D eigenvalue weighted by Crippen LogP contribution is 2.25. The Kier molecular flexibility index (Phi) is 7.64. The predicted molar refractivity (Wildman–Crippen MR) is 138 cm³/mol. The molecule has 0 unspecified atom stereocenters. The third-order valence-corrected chi connectivity index (χ3v) is 7.34. The molecule has 11 heteroatoms. The monoisotopic (exact) mass is 513 g/mol. The highest BCUT2D eigenvalue weighted by atomic mass is 32.2. The van der Waals surface area contributed by atoms with Crippen molar-refractivity contribution in [3.05, 3.63) is 93.8 Å². The molecule has 0 radical (unpaired) electrons. The maximum atomic E-state index is 12.6. The number of hydrogen-bond acceptors (Lipinski definition) is 6. The number of aliphatic hydroxyl groups excluding tert-OH is 1. The number of nitro groups is 1. The zero-order valence-corrected chi connectivity index (χ0v) is 21.2. The topological polar surface area (TPSA) is 117 Å². The van der Waals surface area contributed by atoms with Gasteiger partial charge in [0.2, 0.25) is 10.0 Å². The van der Waals surface area contributed by atoms with Gasteiger partial charge in [0.25, 0.3) is 11.4 Å². The molecule has 0 aliphatic heterocycles. The minimum atomic E-state index is -3.67. The molecule has 0 amide bonds. The van der Waals surface area contributed by atoms with Crippen molar-refractivity contribution in [1.82, 2.24) is 4.31 Å². The number of nitrogens with zero attached hydrogens (tertiary/aromatic N) is 3. The van der Waals surface area contributed by atoms with E-state index in [4.69, 9.17) is 12.2 Å². The minimum absolute atomic E-state index is 0.0896. The molecule has 0 bridgehead atoms. The number of hydrogen-bond donors (Lipinski definition) is 2. The summed E-state index contributed by atoms with van der Waals surface area (Å²) in [7, 11) is -0.774. The van der Waals surface area contributed by atoms with Gasteiger partial charge >= 0.3 is 0 Å². The first-order chi connectivity index (χ1) is 16.4. The van der Waals surface area contributed by atoms with Gasteiger partial charge in [0.1, 0.15) is 0 Å². The van der Waals surface area contributed by atoms with Crippen LogP contribution in [0.15, 0.2) is 71.9 Å². The number of anilines is 1. The molecular formula is C24H25N4O5S2+. The standard InChI is InChI=1S/C24H24N4O5S2/c1-16-6-5-13-27(15-16)22(23(29)18-8-10-19(11-9-18)28(30)31)24(34)25-21-14-20(12-7-17(21)2)35(32,33)26(3)4/h5-15H,1-4H3,(H-,25,29,34)/p+1. The highest BCUT2D eigenvalue weighted by Gasteiger charge is 2.26. The summed E-state index contributed by atoms with van der Waals surface area (Å²) >= 11 is 5.66. The van der Waals surface area contributed by atoms with Gasteiger partial charge in [-0.05, 0) is 49.7 Å². The number of thiocarbonyl (C=S) groups is 1. The molecule has 0 atom stereocenters. The number of sulfonamides is 1. The van der Waals surface area contributed by atoms with E-state index >= 15 is 0 Å². The summed E-state index contributed by atoms with van der Waals surface area (Å²) in [6, 6.07) is 13.8. The van der Waals surface area contributed by atoms with E-state index in [9.17, 15) is 23.6 Å². The average Bonchev–Trinajstić information content (AvgIpc) is 2.80. The van der Waals surface area contributed by atoms with E-state index in [2.05, 4.69) is 5.32 Å². The van der Waals surface area contributed by atoms with Crippen molar-refractivity contribution in [2.24, 2.45) is 0 Å². The molecular weight excluding hydrogens is 488 g/mol. The third-order valence-electron chi connectivity index (χ3n) is 5.23. The van der Waals surface area contributed by atoms with Gasteiger partial charge in [-0.3, -0.25) is 10.1 Å². The van der Waals surface area contributed by atoms with Crippen LogP contribution in [0.2, 0.25) is 0 Å². The van der Waals surface area contributed by atoms with Gasteiger partial charge < -0.3 is 10.4 Å². The first-order valence-corrected chi connectivity index (χ1v) is 12.3. The molecule has 182 valence electrons. The second-order valence-electron chi connectivity index (χ2n) is 8.01. The van der Waals surface area contributed by atoms with Crippen molar-refractivity contribution in [3.63, 3.8) is 0 Å². The van der Waals surface area contributed by atoms with Gasteiger partial charge in [-0.25, -0.2) is 12.7 Å². The minimum Gasteiger partial charge on any atom is -0.502 e. The second-order valence-corrected chi connectivity index (χ2v) is 10.6. The van der Waals surface area contributed by atoms with Crippen molar-refractivity contribution >= 4 is 50.1 Å². The van der Waals surface area contributed by atoms with Crippen molar-refractivity contribution in [1.29, 1.82) is 0 Å². The number of aliphatic hydroxyl groups is 1. The smallest absolute Gasteiger partial charge is 0.288 e. The predicted octanol–water partition coefficient (Wildman–Crippen LogP) is 4.07. The Hall–Kier alpha value is -3.67. The Morgan fingerprint density at radius 1 is 1.11 bits per heavy atom. The van der Waals surface area contributed by atoms with Crippen LogP contribution < -0.4 is 9.88 Å². The molecule has 1 heterocycles. The van der Waals surface area contributed by atoms with E-state index < -0.39 is 14.9 Å². The molecule has 1 aromatic heterocycles. The molecule has 35 heavy (non-hydrogen) atoms. The molecule has 0 aliphatic rings. The normalized spacial score (nSPS) is 12.3. The van der Waals surface area contributed by atoms with Crippen LogP contribution in [-0.2, 0) is 10.0 Å². The fraction of sp³-hybridized carbons (Fsp3) is 0.167. The Labute approximate surface area is 209 Å². The van der Waals surface area contributed by atoms with E-state index in [-0.39, 0.29) is 27.0 Å². The second kappa shape index (κ2) is 10.3. The lowest BCUT2D eigenvalue weighted by Crippen LogP contribution is -2.38. The first-order valence-electron chi connectivity index (χ1n) is 10.4. The van der Waals surface area contributed by atoms with Gasteiger partial charge in [-0.15, -0.1) is 0 Å². The van der Waals surface area contributed by atoms with Gasteiger partial charge in [-0.2, -0.15) is 4.57 Å². The van der Waals surface area contributed by atoms with Crippen molar-refractivity contribution in [2.45, 2.75) is 18.7 Å². The largest absolute Gasteiger partial charge is 0.502 e. The first kappa shape index (κ1) is 25.9. The van der Waals surface area contributed by atoms with Crippen LogP contribution in [0.3, 0.4) is 0 Å². The number of benzene rings is 2. The number of aromatic nitrogens is 1. The zero-order chi connectivity index (χ0) is 25.9. The number of nitrogens with one attached hydrogen (secondary N) is 1. The van der Waals surface area contributed by atoms with Crippen molar-refractivity contribution in [2.75, 3.05) is 19.4 Å². The quantitative estimate of drug-likeness (QED) is 0.122. The number of pyridine rings is 1. The van der Waals surface area contributed by atoms with Gasteiger partial charge in [0.15, 0.2) is 23.1 Å². The summed E-state index contributed by atoms with van der Waals surface area (Å²) in [5, 5.41) is 25.3. The molecule has 3 aromatic rings. The zero-order valence-electron chi connectivity index (χ0n) is 19.6. The third kappa shape index (κ3) is 5.70. The van der Waals surface area contributed by atoms with Crippen LogP contribution in [-0.4, -0.2) is 41.8 Å². The van der Waals surface area contributed by atoms with Crippen LogP contribution in [0.25, 0.3) is 11.5 Å². The maximum absolute atomic E-state index is 12.6. The van der Waals surface area contributed by atoms with Crippen molar-refractivity contribution < 1.29 is 23.0 Å². The summed E-state index contributed by atoms with van der Waals surface area (Å²) in [6.07, 6.45) is 3.47. The van der Waals surface area contributed by atoms with E-state index in [1.54, 1.807) is 36.0 Å². The highest BCUT2D eigenvalue weighted by molar-refractivity contribution is 7.89. The molecule has 0 fully saturated rings. The van der Waals surface area contributed by atoms with Crippen molar-refractivity contribution in [3.8, 4) is 0 Å². The Balaban J connectivity index is 2.11. The van der Waals surface area contributed by atoms with Crippen LogP contribution in [0.1, 0.15) is 16.7 Å². The maximum Gasteiger partial charge on any atom is 0.288 e. The molecule has 0 saturated heterocycles. The molecule has 3 rings (SSSR count). The van der Waals surface area contributed by atoms with Crippen LogP contribution in [0, 0.1) is 24.0 Å². The summed E-state index contributed by atoms with van der Waals surface area (Å²) in [5.74, 6) is -0.206. The Morgan fingerprint density at radius 3 is 2.34 bits per heavy atom. The van der Waals surface area contributed by atoms with Gasteiger partial charge in [-0.1, -0.05) is 18.3 Å². The molecule has 2 aromatic carbocycles. The molecule has 0 saturated carbocycles. The van der Waals surface area contributed by atoms with E-state index in [0.717, 1.165) is 15.4 Å². The van der Waals surface area contributed by atoms with Gasteiger partial charge in [0, 0.05) is 49.1 Å².